The molecule has 0 spiro atoms. The number of hydrogen-bond donors (Lipinski definition) is 1. The van der Waals surface area contributed by atoms with E-state index >= 15 is 0 Å². The molecule has 0 aliphatic heterocycles. The first-order chi connectivity index (χ1) is 12.0. The van der Waals surface area contributed by atoms with Gasteiger partial charge in [-0.3, -0.25) is 4.79 Å². The predicted octanol–water partition coefficient (Wildman–Crippen LogP) is 3.34. The highest BCUT2D eigenvalue weighted by molar-refractivity contribution is 5.94. The highest BCUT2D eigenvalue weighted by Gasteiger charge is 2.06. The summed E-state index contributed by atoms with van der Waals surface area (Å²) in [6.45, 7) is 1.50. The molecule has 5 nitrogen and oxygen atoms in total. The van der Waals surface area contributed by atoms with E-state index in [0.29, 0.717) is 11.3 Å². The van der Waals surface area contributed by atoms with Gasteiger partial charge in [-0.25, -0.2) is 9.18 Å². The summed E-state index contributed by atoms with van der Waals surface area (Å²) in [5.74, 6) is -1.55. The number of carbonyl (C=O) groups excluding carboxylic acids is 2. The Balaban J connectivity index is 1.83. The molecule has 6 heteroatoms. The summed E-state index contributed by atoms with van der Waals surface area (Å²) in [5.41, 5.74) is 2.11. The van der Waals surface area contributed by atoms with E-state index in [1.54, 1.807) is 18.2 Å². The molecule has 2 aromatic rings. The van der Waals surface area contributed by atoms with Crippen LogP contribution in [0.4, 0.5) is 10.1 Å². The maximum absolute atomic E-state index is 13.5. The minimum Gasteiger partial charge on any atom is -0.494 e. The second kappa shape index (κ2) is 8.63. The monoisotopic (exact) mass is 343 g/mol. The number of rotatable bonds is 6. The molecule has 0 aliphatic carbocycles. The second-order valence-electron chi connectivity index (χ2n) is 5.25. The van der Waals surface area contributed by atoms with Crippen LogP contribution in [0, 0.1) is 12.7 Å². The van der Waals surface area contributed by atoms with Gasteiger partial charge in [-0.05, 0) is 48.4 Å². The summed E-state index contributed by atoms with van der Waals surface area (Å²) in [5, 5.41) is 2.63. The lowest BCUT2D eigenvalue weighted by atomic mass is 10.2. The summed E-state index contributed by atoms with van der Waals surface area (Å²) >= 11 is 0. The largest absolute Gasteiger partial charge is 0.494 e. The Morgan fingerprint density at radius 3 is 2.68 bits per heavy atom. The maximum Gasteiger partial charge on any atom is 0.331 e. The number of aryl methyl sites for hydroxylation is 1. The molecule has 0 radical (unpaired) electrons. The van der Waals surface area contributed by atoms with Crippen molar-refractivity contribution >= 4 is 23.6 Å². The second-order valence-corrected chi connectivity index (χ2v) is 5.25. The number of nitrogens with one attached hydrogen (secondary N) is 1. The normalized spacial score (nSPS) is 10.5. The summed E-state index contributed by atoms with van der Waals surface area (Å²) in [6.07, 6.45) is 2.52. The summed E-state index contributed by atoms with van der Waals surface area (Å²) in [4.78, 5) is 23.4. The molecule has 130 valence electrons. The third-order valence-electron chi connectivity index (χ3n) is 3.24. The topological polar surface area (TPSA) is 64.6 Å². The first kappa shape index (κ1) is 18.2. The van der Waals surface area contributed by atoms with E-state index in [4.69, 9.17) is 9.47 Å². The number of ether oxygens (including phenoxy) is 2. The quantitative estimate of drug-likeness (QED) is 0.645. The molecule has 0 bridgehead atoms. The fraction of sp³-hybridized carbons (Fsp3) is 0.158. The van der Waals surface area contributed by atoms with Crippen molar-refractivity contribution < 1.29 is 23.5 Å². The van der Waals surface area contributed by atoms with Crippen LogP contribution in [0.5, 0.6) is 5.75 Å². The van der Waals surface area contributed by atoms with E-state index in [1.165, 1.54) is 25.3 Å². The lowest BCUT2D eigenvalue weighted by molar-refractivity contribution is -0.142. The molecule has 1 amide bonds. The van der Waals surface area contributed by atoms with Gasteiger partial charge in [-0.1, -0.05) is 18.2 Å². The average Bonchev–Trinajstić information content (AvgIpc) is 2.58. The van der Waals surface area contributed by atoms with E-state index in [0.717, 1.165) is 11.6 Å². The SMILES string of the molecule is COc1ccc(/C=C/C(=O)OCC(=O)Nc2cccc(C)c2)cc1F. The third-order valence-corrected chi connectivity index (χ3v) is 3.24. The molecular weight excluding hydrogens is 325 g/mol. The van der Waals surface area contributed by atoms with E-state index in [-0.39, 0.29) is 5.75 Å². The van der Waals surface area contributed by atoms with Gasteiger partial charge < -0.3 is 14.8 Å². The van der Waals surface area contributed by atoms with Crippen molar-refractivity contribution in [2.24, 2.45) is 0 Å². The zero-order chi connectivity index (χ0) is 18.2. The minimum atomic E-state index is -0.699. The predicted molar refractivity (Wildman–Crippen MR) is 92.8 cm³/mol. The van der Waals surface area contributed by atoms with Crippen molar-refractivity contribution in [1.29, 1.82) is 0 Å². The van der Waals surface area contributed by atoms with Crippen LogP contribution in [0.1, 0.15) is 11.1 Å². The van der Waals surface area contributed by atoms with Gasteiger partial charge in [-0.2, -0.15) is 0 Å². The Morgan fingerprint density at radius 2 is 2.00 bits per heavy atom. The van der Waals surface area contributed by atoms with E-state index in [1.807, 2.05) is 19.1 Å². The molecule has 25 heavy (non-hydrogen) atoms. The van der Waals surface area contributed by atoms with Gasteiger partial charge in [0.05, 0.1) is 7.11 Å². The smallest absolute Gasteiger partial charge is 0.331 e. The van der Waals surface area contributed by atoms with Crippen LogP contribution in [0.2, 0.25) is 0 Å². The number of methoxy groups -OCH3 is 1. The Kier molecular flexibility index (Phi) is 6.28. The Bertz CT molecular complexity index is 802. The van der Waals surface area contributed by atoms with E-state index < -0.39 is 24.3 Å². The maximum atomic E-state index is 13.5. The van der Waals surface area contributed by atoms with Crippen LogP contribution in [-0.4, -0.2) is 25.6 Å². The van der Waals surface area contributed by atoms with Crippen molar-refractivity contribution in [3.63, 3.8) is 0 Å². The molecule has 2 rings (SSSR count). The number of anilines is 1. The van der Waals surface area contributed by atoms with Crippen molar-refractivity contribution in [1.82, 2.24) is 0 Å². The standard InChI is InChI=1S/C19H18FNO4/c1-13-4-3-5-15(10-13)21-18(22)12-25-19(23)9-7-14-6-8-17(24-2)16(20)11-14/h3-11H,12H2,1-2H3,(H,21,22)/b9-7+. The zero-order valence-electron chi connectivity index (χ0n) is 13.9. The van der Waals surface area contributed by atoms with Crippen LogP contribution in [-0.2, 0) is 14.3 Å². The van der Waals surface area contributed by atoms with Crippen molar-refractivity contribution in [3.05, 3.63) is 65.5 Å². The summed E-state index contributed by atoms with van der Waals surface area (Å²) < 4.78 is 23.2. The molecule has 0 unspecified atom stereocenters. The van der Waals surface area contributed by atoms with E-state index in [9.17, 15) is 14.0 Å². The highest BCUT2D eigenvalue weighted by Crippen LogP contribution is 2.18. The fourth-order valence-electron chi connectivity index (χ4n) is 2.06. The number of hydrogen-bond acceptors (Lipinski definition) is 4. The summed E-state index contributed by atoms with van der Waals surface area (Å²) in [6, 6.07) is 11.5. The summed E-state index contributed by atoms with van der Waals surface area (Å²) in [7, 11) is 1.37. The first-order valence-corrected chi connectivity index (χ1v) is 7.53. The van der Waals surface area contributed by atoms with Crippen molar-refractivity contribution in [2.45, 2.75) is 6.92 Å². The minimum absolute atomic E-state index is 0.118. The number of carbonyl (C=O) groups is 2. The average molecular weight is 343 g/mol. The molecule has 0 atom stereocenters. The van der Waals surface area contributed by atoms with Gasteiger partial charge in [0.25, 0.3) is 5.91 Å². The van der Waals surface area contributed by atoms with Gasteiger partial charge >= 0.3 is 5.97 Å². The molecular formula is C19H18FNO4. The molecule has 0 aliphatic rings. The Labute approximate surface area is 145 Å². The molecule has 0 saturated carbocycles. The van der Waals surface area contributed by atoms with Gasteiger partial charge in [0.2, 0.25) is 0 Å². The molecule has 0 aromatic heterocycles. The van der Waals surface area contributed by atoms with Crippen LogP contribution >= 0.6 is 0 Å². The van der Waals surface area contributed by atoms with Crippen LogP contribution < -0.4 is 10.1 Å². The molecule has 0 fully saturated rings. The highest BCUT2D eigenvalue weighted by atomic mass is 19.1. The number of amides is 1. The lowest BCUT2D eigenvalue weighted by Crippen LogP contribution is -2.20. The Hall–Kier alpha value is -3.15. The number of halogens is 1. The lowest BCUT2D eigenvalue weighted by Gasteiger charge is -2.06. The van der Waals surface area contributed by atoms with Crippen molar-refractivity contribution in [2.75, 3.05) is 19.0 Å². The van der Waals surface area contributed by atoms with Gasteiger partial charge in [-0.15, -0.1) is 0 Å². The molecule has 2 aromatic carbocycles. The number of esters is 1. The van der Waals surface area contributed by atoms with Crippen LogP contribution in [0.3, 0.4) is 0 Å². The van der Waals surface area contributed by atoms with Crippen LogP contribution in [0.15, 0.2) is 48.5 Å². The van der Waals surface area contributed by atoms with Gasteiger partial charge in [0, 0.05) is 11.8 Å². The van der Waals surface area contributed by atoms with Crippen LogP contribution in [0.25, 0.3) is 6.08 Å². The van der Waals surface area contributed by atoms with E-state index in [2.05, 4.69) is 5.32 Å². The van der Waals surface area contributed by atoms with Gasteiger partial charge in [0.1, 0.15) is 0 Å². The zero-order valence-corrected chi connectivity index (χ0v) is 13.9. The first-order valence-electron chi connectivity index (χ1n) is 7.53. The molecule has 0 saturated heterocycles. The molecule has 1 N–H and O–H groups in total. The molecule has 0 heterocycles. The van der Waals surface area contributed by atoms with Crippen molar-refractivity contribution in [3.8, 4) is 5.75 Å². The Morgan fingerprint density at radius 1 is 1.20 bits per heavy atom. The van der Waals surface area contributed by atoms with Gasteiger partial charge in [0.15, 0.2) is 18.2 Å². The third kappa shape index (κ3) is 5.76. The number of benzene rings is 2. The fourth-order valence-corrected chi connectivity index (χ4v) is 2.06.